The van der Waals surface area contributed by atoms with Crippen LogP contribution >= 0.6 is 0 Å². The summed E-state index contributed by atoms with van der Waals surface area (Å²) >= 11 is 0. The molecule has 0 aromatic heterocycles. The molecule has 1 aromatic carbocycles. The Morgan fingerprint density at radius 2 is 1.89 bits per heavy atom. The third-order valence-corrected chi connectivity index (χ3v) is 3.08. The molecule has 0 atom stereocenters. The summed E-state index contributed by atoms with van der Waals surface area (Å²) < 4.78 is 0. The van der Waals surface area contributed by atoms with Crippen LogP contribution in [0.2, 0.25) is 0 Å². The van der Waals surface area contributed by atoms with Crippen LogP contribution in [0.15, 0.2) is 24.3 Å². The number of ketones is 1. The highest BCUT2D eigenvalue weighted by Crippen LogP contribution is 2.31. The van der Waals surface area contributed by atoms with Gasteiger partial charge in [0.15, 0.2) is 5.78 Å². The van der Waals surface area contributed by atoms with Gasteiger partial charge in [-0.3, -0.25) is 4.79 Å². The van der Waals surface area contributed by atoms with Crippen LogP contribution < -0.4 is 10.6 Å². The number of nitrogens with one attached hydrogen (secondary N) is 2. The second-order valence-electron chi connectivity index (χ2n) is 4.75. The van der Waals surface area contributed by atoms with Crippen molar-refractivity contribution in [3.63, 3.8) is 0 Å². The summed E-state index contributed by atoms with van der Waals surface area (Å²) in [5, 5.41) is 5.56. The number of hydrogen-bond donors (Lipinski definition) is 2. The molecule has 0 radical (unpaired) electrons. The first kappa shape index (κ1) is 12.6. The summed E-state index contributed by atoms with van der Waals surface area (Å²) in [7, 11) is 0. The lowest BCUT2D eigenvalue weighted by Gasteiger charge is -2.07. The fraction of sp³-hybridized carbons (Fsp3) is 0.429. The van der Waals surface area contributed by atoms with Crippen LogP contribution in [-0.2, 0) is 0 Å². The van der Waals surface area contributed by atoms with Crippen LogP contribution in [0.4, 0.5) is 10.5 Å². The molecule has 18 heavy (non-hydrogen) atoms. The third-order valence-electron chi connectivity index (χ3n) is 3.08. The van der Waals surface area contributed by atoms with Gasteiger partial charge >= 0.3 is 6.03 Å². The van der Waals surface area contributed by atoms with Crippen molar-refractivity contribution in [1.82, 2.24) is 5.32 Å². The van der Waals surface area contributed by atoms with Crippen LogP contribution in [0.3, 0.4) is 0 Å². The lowest BCUT2D eigenvalue weighted by atomic mass is 10.1. The molecule has 1 fully saturated rings. The maximum absolute atomic E-state index is 11.5. The van der Waals surface area contributed by atoms with Crippen molar-refractivity contribution in [3.8, 4) is 0 Å². The zero-order valence-electron chi connectivity index (χ0n) is 10.5. The van der Waals surface area contributed by atoms with E-state index in [0.717, 1.165) is 18.9 Å². The first-order valence-electron chi connectivity index (χ1n) is 6.31. The topological polar surface area (TPSA) is 58.2 Å². The van der Waals surface area contributed by atoms with Crippen LogP contribution in [0.25, 0.3) is 0 Å². The van der Waals surface area contributed by atoms with Gasteiger partial charge in [0.1, 0.15) is 0 Å². The zero-order chi connectivity index (χ0) is 13.0. The largest absolute Gasteiger partial charge is 0.338 e. The third kappa shape index (κ3) is 3.87. The number of urea groups is 1. The van der Waals surface area contributed by atoms with E-state index in [-0.39, 0.29) is 11.8 Å². The van der Waals surface area contributed by atoms with E-state index in [9.17, 15) is 9.59 Å². The van der Waals surface area contributed by atoms with Crippen molar-refractivity contribution < 1.29 is 9.59 Å². The molecule has 0 spiro atoms. The Labute approximate surface area is 107 Å². The highest BCUT2D eigenvalue weighted by molar-refractivity contribution is 5.95. The standard InChI is InChI=1S/C14H18N2O2/c1-10(17)12-4-6-13(7-5-12)16-14(18)15-9-8-11-2-3-11/h4-7,11H,2-3,8-9H2,1H3,(H2,15,16,18). The van der Waals surface area contributed by atoms with E-state index in [1.165, 1.54) is 19.8 Å². The molecule has 2 amide bonds. The van der Waals surface area contributed by atoms with E-state index in [2.05, 4.69) is 10.6 Å². The van der Waals surface area contributed by atoms with E-state index in [1.54, 1.807) is 24.3 Å². The number of anilines is 1. The van der Waals surface area contributed by atoms with Gasteiger partial charge in [-0.15, -0.1) is 0 Å². The Morgan fingerprint density at radius 1 is 1.22 bits per heavy atom. The number of amides is 2. The fourth-order valence-corrected chi connectivity index (χ4v) is 1.76. The van der Waals surface area contributed by atoms with Gasteiger partial charge in [-0.1, -0.05) is 12.8 Å². The van der Waals surface area contributed by atoms with Crippen molar-refractivity contribution in [2.24, 2.45) is 5.92 Å². The van der Waals surface area contributed by atoms with E-state index in [0.29, 0.717) is 11.3 Å². The summed E-state index contributed by atoms with van der Waals surface area (Å²) in [6.45, 7) is 2.25. The number of carbonyl (C=O) groups excluding carboxylic acids is 2. The Hall–Kier alpha value is -1.84. The normalized spacial score (nSPS) is 14.1. The number of Topliss-reactive ketones (excluding diaryl/α,β-unsaturated/α-hetero) is 1. The molecule has 4 nitrogen and oxygen atoms in total. The van der Waals surface area contributed by atoms with Crippen LogP contribution in [0, 0.1) is 5.92 Å². The lowest BCUT2D eigenvalue weighted by Crippen LogP contribution is -2.29. The van der Waals surface area contributed by atoms with Crippen molar-refractivity contribution in [1.29, 1.82) is 0 Å². The van der Waals surface area contributed by atoms with Gasteiger partial charge in [0.25, 0.3) is 0 Å². The predicted molar refractivity (Wildman–Crippen MR) is 70.8 cm³/mol. The molecule has 96 valence electrons. The van der Waals surface area contributed by atoms with Gasteiger partial charge in [0.05, 0.1) is 0 Å². The summed E-state index contributed by atoms with van der Waals surface area (Å²) in [5.74, 6) is 0.843. The summed E-state index contributed by atoms with van der Waals surface area (Å²) in [4.78, 5) is 22.6. The summed E-state index contributed by atoms with van der Waals surface area (Å²) in [5.41, 5.74) is 1.35. The smallest absolute Gasteiger partial charge is 0.319 e. The second-order valence-corrected chi connectivity index (χ2v) is 4.75. The number of rotatable bonds is 5. The van der Waals surface area contributed by atoms with Crippen LogP contribution in [0.5, 0.6) is 0 Å². The molecule has 2 N–H and O–H groups in total. The van der Waals surface area contributed by atoms with Crippen LogP contribution in [-0.4, -0.2) is 18.4 Å². The molecule has 4 heteroatoms. The minimum atomic E-state index is -0.189. The number of hydrogen-bond acceptors (Lipinski definition) is 2. The van der Waals surface area contributed by atoms with Gasteiger partial charge in [-0.2, -0.15) is 0 Å². The predicted octanol–water partition coefficient (Wildman–Crippen LogP) is 2.81. The fourth-order valence-electron chi connectivity index (χ4n) is 1.76. The Kier molecular flexibility index (Phi) is 3.97. The average Bonchev–Trinajstić information content (AvgIpc) is 3.13. The van der Waals surface area contributed by atoms with E-state index < -0.39 is 0 Å². The summed E-state index contributed by atoms with van der Waals surface area (Å²) in [6.07, 6.45) is 3.67. The summed E-state index contributed by atoms with van der Waals surface area (Å²) in [6, 6.07) is 6.70. The molecule has 0 bridgehead atoms. The molecule has 0 saturated heterocycles. The number of carbonyl (C=O) groups is 2. The highest BCUT2D eigenvalue weighted by atomic mass is 16.2. The SMILES string of the molecule is CC(=O)c1ccc(NC(=O)NCCC2CC2)cc1. The Morgan fingerprint density at radius 3 is 2.44 bits per heavy atom. The lowest BCUT2D eigenvalue weighted by molar-refractivity contribution is 0.101. The maximum atomic E-state index is 11.5. The van der Waals surface area contributed by atoms with Gasteiger partial charge in [-0.25, -0.2) is 4.79 Å². The zero-order valence-corrected chi connectivity index (χ0v) is 10.5. The first-order valence-corrected chi connectivity index (χ1v) is 6.31. The minimum absolute atomic E-state index is 0.0236. The quantitative estimate of drug-likeness (QED) is 0.785. The van der Waals surface area contributed by atoms with E-state index in [4.69, 9.17) is 0 Å². The van der Waals surface area contributed by atoms with Gasteiger partial charge in [0.2, 0.25) is 0 Å². The molecule has 1 aliphatic carbocycles. The molecule has 0 aliphatic heterocycles. The van der Waals surface area contributed by atoms with Gasteiger partial charge in [0, 0.05) is 17.8 Å². The average molecular weight is 246 g/mol. The van der Waals surface area contributed by atoms with Crippen molar-refractivity contribution in [2.45, 2.75) is 26.2 Å². The Balaban J connectivity index is 1.76. The Bertz CT molecular complexity index is 436. The van der Waals surface area contributed by atoms with Gasteiger partial charge < -0.3 is 10.6 Å². The second kappa shape index (κ2) is 5.67. The van der Waals surface area contributed by atoms with E-state index in [1.807, 2.05) is 0 Å². The highest BCUT2D eigenvalue weighted by Gasteiger charge is 2.20. The molecule has 0 heterocycles. The minimum Gasteiger partial charge on any atom is -0.338 e. The van der Waals surface area contributed by atoms with Crippen molar-refractivity contribution in [3.05, 3.63) is 29.8 Å². The van der Waals surface area contributed by atoms with Crippen molar-refractivity contribution in [2.75, 3.05) is 11.9 Å². The molecule has 0 unspecified atom stereocenters. The maximum Gasteiger partial charge on any atom is 0.319 e. The molecular weight excluding hydrogens is 228 g/mol. The van der Waals surface area contributed by atoms with Crippen molar-refractivity contribution >= 4 is 17.5 Å². The molecular formula is C14H18N2O2. The molecule has 1 aromatic rings. The monoisotopic (exact) mass is 246 g/mol. The molecule has 2 rings (SSSR count). The molecule has 1 saturated carbocycles. The van der Waals surface area contributed by atoms with Gasteiger partial charge in [-0.05, 0) is 43.5 Å². The van der Waals surface area contributed by atoms with E-state index >= 15 is 0 Å². The molecule has 1 aliphatic rings. The van der Waals surface area contributed by atoms with Crippen LogP contribution in [0.1, 0.15) is 36.5 Å². The first-order chi connectivity index (χ1) is 8.65. The number of benzene rings is 1.